The first kappa shape index (κ1) is 15.5. The van der Waals surface area contributed by atoms with Gasteiger partial charge in [0.05, 0.1) is 0 Å². The predicted molar refractivity (Wildman–Crippen MR) is 87.2 cm³/mol. The second kappa shape index (κ2) is 7.76. The zero-order valence-electron chi connectivity index (χ0n) is 11.8. The standard InChI is InChI=1S/C17H19NO2S/c19-21(20,15-13-17-10-5-2-6-11-17)18-14-7-12-16-8-3-1-4-9-16/h1-6,8-11,13,15,18H,7,12,14H2/b15-13+. The maximum absolute atomic E-state index is 11.8. The highest BCUT2D eigenvalue weighted by Crippen LogP contribution is 2.04. The molecule has 0 saturated carbocycles. The molecule has 0 saturated heterocycles. The van der Waals surface area contributed by atoms with Gasteiger partial charge in [0.15, 0.2) is 0 Å². The second-order valence-electron chi connectivity index (χ2n) is 4.74. The maximum Gasteiger partial charge on any atom is 0.233 e. The highest BCUT2D eigenvalue weighted by molar-refractivity contribution is 7.92. The first-order chi connectivity index (χ1) is 10.2. The number of benzene rings is 2. The Morgan fingerprint density at radius 2 is 1.52 bits per heavy atom. The van der Waals surface area contributed by atoms with Crippen LogP contribution in [0.15, 0.2) is 66.1 Å². The van der Waals surface area contributed by atoms with E-state index in [0.717, 1.165) is 18.4 Å². The van der Waals surface area contributed by atoms with Gasteiger partial charge in [0.2, 0.25) is 10.0 Å². The van der Waals surface area contributed by atoms with Gasteiger partial charge in [-0.2, -0.15) is 0 Å². The molecule has 0 aliphatic rings. The summed E-state index contributed by atoms with van der Waals surface area (Å²) in [6.07, 6.45) is 3.24. The van der Waals surface area contributed by atoms with Crippen LogP contribution in [0.1, 0.15) is 17.5 Å². The number of rotatable bonds is 7. The van der Waals surface area contributed by atoms with Crippen molar-refractivity contribution in [2.45, 2.75) is 12.8 Å². The van der Waals surface area contributed by atoms with Gasteiger partial charge < -0.3 is 0 Å². The molecule has 0 aliphatic carbocycles. The molecule has 2 aromatic rings. The minimum absolute atomic E-state index is 0.441. The molecule has 0 bridgehead atoms. The summed E-state index contributed by atoms with van der Waals surface area (Å²) >= 11 is 0. The topological polar surface area (TPSA) is 46.2 Å². The zero-order valence-corrected chi connectivity index (χ0v) is 12.6. The van der Waals surface area contributed by atoms with E-state index in [9.17, 15) is 8.42 Å². The zero-order chi connectivity index (χ0) is 15.0. The molecule has 0 unspecified atom stereocenters. The van der Waals surface area contributed by atoms with Gasteiger partial charge in [0.1, 0.15) is 0 Å². The van der Waals surface area contributed by atoms with Gasteiger partial charge in [0, 0.05) is 12.0 Å². The van der Waals surface area contributed by atoms with Gasteiger partial charge in [-0.05, 0) is 30.0 Å². The summed E-state index contributed by atoms with van der Waals surface area (Å²) in [5.74, 6) is 0. The van der Waals surface area contributed by atoms with E-state index in [1.165, 1.54) is 11.0 Å². The van der Waals surface area contributed by atoms with E-state index in [0.29, 0.717) is 6.54 Å². The van der Waals surface area contributed by atoms with Crippen molar-refractivity contribution in [1.82, 2.24) is 4.72 Å². The molecule has 0 aliphatic heterocycles. The van der Waals surface area contributed by atoms with Crippen LogP contribution in [0.2, 0.25) is 0 Å². The van der Waals surface area contributed by atoms with Crippen molar-refractivity contribution in [2.24, 2.45) is 0 Å². The van der Waals surface area contributed by atoms with Crippen LogP contribution < -0.4 is 4.72 Å². The summed E-state index contributed by atoms with van der Waals surface area (Å²) in [5.41, 5.74) is 2.09. The summed E-state index contributed by atoms with van der Waals surface area (Å²) in [6, 6.07) is 19.4. The fraction of sp³-hybridized carbons (Fsp3) is 0.176. The van der Waals surface area contributed by atoms with Crippen molar-refractivity contribution in [3.8, 4) is 0 Å². The molecule has 1 N–H and O–H groups in total. The minimum Gasteiger partial charge on any atom is -0.212 e. The molecule has 2 rings (SSSR count). The van der Waals surface area contributed by atoms with E-state index in [1.807, 2.05) is 60.7 Å². The quantitative estimate of drug-likeness (QED) is 0.798. The van der Waals surface area contributed by atoms with Crippen LogP contribution in [-0.2, 0) is 16.4 Å². The molecular formula is C17H19NO2S. The van der Waals surface area contributed by atoms with Crippen LogP contribution in [-0.4, -0.2) is 15.0 Å². The SMILES string of the molecule is O=S(=O)(/C=C/c1ccccc1)NCCCc1ccccc1. The van der Waals surface area contributed by atoms with Crippen LogP contribution in [0.25, 0.3) is 6.08 Å². The average Bonchev–Trinajstić information content (AvgIpc) is 2.52. The summed E-state index contributed by atoms with van der Waals surface area (Å²) in [7, 11) is -3.36. The van der Waals surface area contributed by atoms with Gasteiger partial charge >= 0.3 is 0 Å². The third-order valence-corrected chi connectivity index (χ3v) is 4.13. The maximum atomic E-state index is 11.8. The Morgan fingerprint density at radius 3 is 2.19 bits per heavy atom. The van der Waals surface area contributed by atoms with E-state index in [1.54, 1.807) is 6.08 Å². The first-order valence-electron chi connectivity index (χ1n) is 6.92. The van der Waals surface area contributed by atoms with Crippen molar-refractivity contribution < 1.29 is 8.42 Å². The van der Waals surface area contributed by atoms with Gasteiger partial charge in [-0.1, -0.05) is 60.7 Å². The van der Waals surface area contributed by atoms with Crippen molar-refractivity contribution in [3.63, 3.8) is 0 Å². The molecule has 110 valence electrons. The molecule has 2 aromatic carbocycles. The lowest BCUT2D eigenvalue weighted by atomic mass is 10.1. The Morgan fingerprint density at radius 1 is 0.905 bits per heavy atom. The summed E-state index contributed by atoms with van der Waals surface area (Å²) in [6.45, 7) is 0.441. The van der Waals surface area contributed by atoms with Gasteiger partial charge in [0.25, 0.3) is 0 Å². The molecule has 0 aromatic heterocycles. The molecule has 0 spiro atoms. The summed E-state index contributed by atoms with van der Waals surface area (Å²) < 4.78 is 26.2. The van der Waals surface area contributed by atoms with Crippen LogP contribution in [0.5, 0.6) is 0 Å². The van der Waals surface area contributed by atoms with E-state index in [4.69, 9.17) is 0 Å². The van der Waals surface area contributed by atoms with E-state index in [2.05, 4.69) is 4.72 Å². The molecule has 4 heteroatoms. The smallest absolute Gasteiger partial charge is 0.212 e. The lowest BCUT2D eigenvalue weighted by Crippen LogP contribution is -2.22. The highest BCUT2D eigenvalue weighted by atomic mass is 32.2. The number of nitrogens with one attached hydrogen (secondary N) is 1. The molecular weight excluding hydrogens is 282 g/mol. The largest absolute Gasteiger partial charge is 0.233 e. The van der Waals surface area contributed by atoms with E-state index < -0.39 is 10.0 Å². The van der Waals surface area contributed by atoms with Crippen LogP contribution >= 0.6 is 0 Å². The van der Waals surface area contributed by atoms with E-state index >= 15 is 0 Å². The van der Waals surface area contributed by atoms with E-state index in [-0.39, 0.29) is 0 Å². The molecule has 0 fully saturated rings. The Bertz CT molecular complexity index is 664. The van der Waals surface area contributed by atoms with Crippen LogP contribution in [0.4, 0.5) is 0 Å². The number of hydrogen-bond acceptors (Lipinski definition) is 2. The third kappa shape index (κ3) is 5.94. The lowest BCUT2D eigenvalue weighted by molar-refractivity contribution is 0.588. The Balaban J connectivity index is 1.78. The van der Waals surface area contributed by atoms with Gasteiger partial charge in [-0.3, -0.25) is 0 Å². The molecule has 0 heterocycles. The number of aryl methyl sites for hydroxylation is 1. The summed E-state index contributed by atoms with van der Waals surface area (Å²) in [5, 5.41) is 1.21. The lowest BCUT2D eigenvalue weighted by Gasteiger charge is -2.03. The van der Waals surface area contributed by atoms with Crippen molar-refractivity contribution in [2.75, 3.05) is 6.54 Å². The van der Waals surface area contributed by atoms with Crippen molar-refractivity contribution in [1.29, 1.82) is 0 Å². The highest BCUT2D eigenvalue weighted by Gasteiger charge is 2.03. The van der Waals surface area contributed by atoms with Crippen molar-refractivity contribution in [3.05, 3.63) is 77.2 Å². The van der Waals surface area contributed by atoms with Gasteiger partial charge in [-0.25, -0.2) is 13.1 Å². The summed E-state index contributed by atoms with van der Waals surface area (Å²) in [4.78, 5) is 0. The first-order valence-corrected chi connectivity index (χ1v) is 8.47. The van der Waals surface area contributed by atoms with Gasteiger partial charge in [-0.15, -0.1) is 0 Å². The molecule has 3 nitrogen and oxygen atoms in total. The predicted octanol–water partition coefficient (Wildman–Crippen LogP) is 3.21. The molecule has 21 heavy (non-hydrogen) atoms. The van der Waals surface area contributed by atoms with Crippen molar-refractivity contribution >= 4 is 16.1 Å². The monoisotopic (exact) mass is 301 g/mol. The second-order valence-corrected chi connectivity index (χ2v) is 6.39. The molecule has 0 amide bonds. The fourth-order valence-corrected chi connectivity index (χ4v) is 2.79. The number of sulfonamides is 1. The number of hydrogen-bond donors (Lipinski definition) is 1. The Hall–Kier alpha value is -1.91. The normalized spacial score (nSPS) is 11.8. The molecule has 0 atom stereocenters. The van der Waals surface area contributed by atoms with Crippen LogP contribution in [0, 0.1) is 0 Å². The Kier molecular flexibility index (Phi) is 5.72. The fourth-order valence-electron chi connectivity index (χ4n) is 1.93. The molecule has 0 radical (unpaired) electrons. The minimum atomic E-state index is -3.36. The Labute approximate surface area is 126 Å². The van der Waals surface area contributed by atoms with Crippen LogP contribution in [0.3, 0.4) is 0 Å². The third-order valence-electron chi connectivity index (χ3n) is 3.03. The average molecular weight is 301 g/mol.